The van der Waals surface area contributed by atoms with Crippen molar-refractivity contribution < 1.29 is 4.79 Å². The Morgan fingerprint density at radius 1 is 1.22 bits per heavy atom. The molecule has 6 heteroatoms. The predicted octanol–water partition coefficient (Wildman–Crippen LogP) is 5.07. The number of halogens is 2. The van der Waals surface area contributed by atoms with E-state index >= 15 is 0 Å². The highest BCUT2D eigenvalue weighted by atomic mass is 79.9. The summed E-state index contributed by atoms with van der Waals surface area (Å²) in [6, 6.07) is 11.9. The summed E-state index contributed by atoms with van der Waals surface area (Å²) in [7, 11) is 0. The molecule has 0 heterocycles. The molecule has 2 aromatic rings. The van der Waals surface area contributed by atoms with Crippen molar-refractivity contribution in [1.82, 2.24) is 5.43 Å². The molecule has 0 radical (unpaired) electrons. The summed E-state index contributed by atoms with van der Waals surface area (Å²) in [5.74, 6) is 0.207. The molecule has 120 valence electrons. The molecule has 3 nitrogen and oxygen atoms in total. The van der Waals surface area contributed by atoms with Gasteiger partial charge in [-0.15, -0.1) is 11.8 Å². The lowest BCUT2D eigenvalue weighted by molar-refractivity contribution is -0.118. The third-order valence-corrected chi connectivity index (χ3v) is 5.57. The van der Waals surface area contributed by atoms with E-state index in [-0.39, 0.29) is 5.91 Å². The molecule has 1 N–H and O–H groups in total. The average Bonchev–Trinajstić information content (AvgIpc) is 2.50. The number of carbonyl (C=O) groups excluding carboxylic acids is 1. The maximum atomic E-state index is 11.9. The fraction of sp³-hybridized carbons (Fsp3) is 0.176. The van der Waals surface area contributed by atoms with E-state index in [1.165, 1.54) is 11.8 Å². The Hall–Kier alpha value is -1.11. The van der Waals surface area contributed by atoms with Crippen LogP contribution in [-0.2, 0) is 4.79 Å². The van der Waals surface area contributed by atoms with Gasteiger partial charge < -0.3 is 0 Å². The molecule has 0 bridgehead atoms. The van der Waals surface area contributed by atoms with Gasteiger partial charge in [0.15, 0.2) is 0 Å². The second kappa shape index (κ2) is 8.66. The van der Waals surface area contributed by atoms with Crippen LogP contribution < -0.4 is 5.43 Å². The number of thioether (sulfide) groups is 1. The molecule has 0 fully saturated rings. The third-order valence-electron chi connectivity index (χ3n) is 3.07. The summed E-state index contributed by atoms with van der Waals surface area (Å²) in [6.45, 7) is 4.08. The van der Waals surface area contributed by atoms with Gasteiger partial charge in [0.05, 0.1) is 12.0 Å². The highest BCUT2D eigenvalue weighted by Crippen LogP contribution is 2.28. The minimum Gasteiger partial charge on any atom is -0.272 e. The van der Waals surface area contributed by atoms with Crippen LogP contribution >= 0.6 is 43.6 Å². The third kappa shape index (κ3) is 5.79. The molecule has 23 heavy (non-hydrogen) atoms. The molecular formula is C17H16Br2N2OS. The molecule has 0 aliphatic rings. The smallest absolute Gasteiger partial charge is 0.250 e. The van der Waals surface area contributed by atoms with Crippen molar-refractivity contribution in [3.8, 4) is 0 Å². The Labute approximate surface area is 157 Å². The maximum Gasteiger partial charge on any atom is 0.250 e. The van der Waals surface area contributed by atoms with Crippen LogP contribution in [0.3, 0.4) is 0 Å². The molecule has 2 rings (SSSR count). The molecule has 0 saturated heterocycles. The number of amides is 1. The Kier molecular flexibility index (Phi) is 6.87. The van der Waals surface area contributed by atoms with Crippen molar-refractivity contribution in [3.63, 3.8) is 0 Å². The van der Waals surface area contributed by atoms with Crippen molar-refractivity contribution in [2.24, 2.45) is 5.10 Å². The quantitative estimate of drug-likeness (QED) is 0.388. The Morgan fingerprint density at radius 3 is 2.74 bits per heavy atom. The van der Waals surface area contributed by atoms with Gasteiger partial charge in [-0.25, -0.2) is 5.43 Å². The number of hydrazone groups is 1. The summed E-state index contributed by atoms with van der Waals surface area (Å²) < 4.78 is 2.06. The largest absolute Gasteiger partial charge is 0.272 e. The number of aryl methyl sites for hydroxylation is 2. The standard InChI is InChI=1S/C17H16Br2N2OS/c1-11-7-16(12(2)6-15(11)19)23-10-17(22)21-20-9-13-4-3-5-14(18)8-13/h3-9H,10H2,1-2H3,(H,21,22)/b20-9+. The normalized spacial score (nSPS) is 11.0. The van der Waals surface area contributed by atoms with Gasteiger partial charge in [0.25, 0.3) is 0 Å². The summed E-state index contributed by atoms with van der Waals surface area (Å²) in [5.41, 5.74) is 5.78. The minimum absolute atomic E-state index is 0.124. The first-order valence-electron chi connectivity index (χ1n) is 6.92. The van der Waals surface area contributed by atoms with E-state index in [4.69, 9.17) is 0 Å². The lowest BCUT2D eigenvalue weighted by atomic mass is 10.2. The van der Waals surface area contributed by atoms with Gasteiger partial charge in [-0.05, 0) is 54.8 Å². The van der Waals surface area contributed by atoms with E-state index in [2.05, 4.69) is 54.5 Å². The van der Waals surface area contributed by atoms with Crippen LogP contribution in [0.25, 0.3) is 0 Å². The first kappa shape index (κ1) is 18.2. The Balaban J connectivity index is 1.87. The fourth-order valence-electron chi connectivity index (χ4n) is 1.85. The van der Waals surface area contributed by atoms with Crippen LogP contribution in [0.4, 0.5) is 0 Å². The molecule has 0 aromatic heterocycles. The van der Waals surface area contributed by atoms with Gasteiger partial charge in [0.1, 0.15) is 0 Å². The molecule has 1 amide bonds. The summed E-state index contributed by atoms with van der Waals surface area (Å²) in [4.78, 5) is 13.0. The van der Waals surface area contributed by atoms with Crippen molar-refractivity contribution >= 4 is 55.7 Å². The van der Waals surface area contributed by atoms with Crippen LogP contribution in [0.2, 0.25) is 0 Å². The molecular weight excluding hydrogens is 440 g/mol. The predicted molar refractivity (Wildman–Crippen MR) is 104 cm³/mol. The fourth-order valence-corrected chi connectivity index (χ4v) is 3.62. The first-order valence-corrected chi connectivity index (χ1v) is 9.50. The number of hydrogen-bond acceptors (Lipinski definition) is 3. The van der Waals surface area contributed by atoms with Crippen molar-refractivity contribution in [2.75, 3.05) is 5.75 Å². The van der Waals surface area contributed by atoms with Crippen LogP contribution in [0.15, 0.2) is 55.3 Å². The monoisotopic (exact) mass is 454 g/mol. The SMILES string of the molecule is Cc1cc(SCC(=O)N/N=C/c2cccc(Br)c2)c(C)cc1Br. The van der Waals surface area contributed by atoms with E-state index in [1.54, 1.807) is 6.21 Å². The van der Waals surface area contributed by atoms with E-state index < -0.39 is 0 Å². The molecule has 0 unspecified atom stereocenters. The minimum atomic E-state index is -0.124. The summed E-state index contributed by atoms with van der Waals surface area (Å²) in [5, 5.41) is 3.98. The summed E-state index contributed by atoms with van der Waals surface area (Å²) in [6.07, 6.45) is 1.63. The van der Waals surface area contributed by atoms with Gasteiger partial charge in [-0.1, -0.05) is 44.0 Å². The van der Waals surface area contributed by atoms with Gasteiger partial charge >= 0.3 is 0 Å². The number of rotatable bonds is 5. The van der Waals surface area contributed by atoms with E-state index in [1.807, 2.05) is 38.1 Å². The zero-order valence-electron chi connectivity index (χ0n) is 12.8. The van der Waals surface area contributed by atoms with Crippen molar-refractivity contribution in [3.05, 3.63) is 62.0 Å². The molecule has 0 spiro atoms. The van der Waals surface area contributed by atoms with Crippen molar-refractivity contribution in [1.29, 1.82) is 0 Å². The molecule has 0 aliphatic heterocycles. The van der Waals surface area contributed by atoms with Crippen molar-refractivity contribution in [2.45, 2.75) is 18.7 Å². The molecule has 2 aromatic carbocycles. The number of nitrogens with zero attached hydrogens (tertiary/aromatic N) is 1. The zero-order chi connectivity index (χ0) is 16.8. The van der Waals surface area contributed by atoms with E-state index in [0.717, 1.165) is 30.5 Å². The number of benzene rings is 2. The topological polar surface area (TPSA) is 41.5 Å². The number of hydrogen-bond donors (Lipinski definition) is 1. The summed E-state index contributed by atoms with van der Waals surface area (Å²) >= 11 is 8.42. The highest BCUT2D eigenvalue weighted by molar-refractivity contribution is 9.10. The van der Waals surface area contributed by atoms with Gasteiger partial charge in [-0.3, -0.25) is 4.79 Å². The Bertz CT molecular complexity index is 747. The molecule has 0 aliphatic carbocycles. The number of carbonyl (C=O) groups is 1. The van der Waals surface area contributed by atoms with Gasteiger partial charge in [-0.2, -0.15) is 5.10 Å². The Morgan fingerprint density at radius 2 is 2.00 bits per heavy atom. The van der Waals surface area contributed by atoms with Crippen LogP contribution in [0.5, 0.6) is 0 Å². The van der Waals surface area contributed by atoms with E-state index in [9.17, 15) is 4.79 Å². The molecule has 0 atom stereocenters. The lowest BCUT2D eigenvalue weighted by Gasteiger charge is -2.08. The van der Waals surface area contributed by atoms with Crippen LogP contribution in [-0.4, -0.2) is 17.9 Å². The number of nitrogens with one attached hydrogen (secondary N) is 1. The van der Waals surface area contributed by atoms with Crippen LogP contribution in [0, 0.1) is 13.8 Å². The highest BCUT2D eigenvalue weighted by Gasteiger charge is 2.06. The van der Waals surface area contributed by atoms with Gasteiger partial charge in [0.2, 0.25) is 5.91 Å². The lowest BCUT2D eigenvalue weighted by Crippen LogP contribution is -2.19. The molecule has 0 saturated carbocycles. The average molecular weight is 456 g/mol. The maximum absolute atomic E-state index is 11.9. The van der Waals surface area contributed by atoms with Crippen LogP contribution in [0.1, 0.15) is 16.7 Å². The second-order valence-electron chi connectivity index (χ2n) is 5.00. The zero-order valence-corrected chi connectivity index (χ0v) is 16.8. The van der Waals surface area contributed by atoms with E-state index in [0.29, 0.717) is 5.75 Å². The second-order valence-corrected chi connectivity index (χ2v) is 7.79. The van der Waals surface area contributed by atoms with Gasteiger partial charge in [0, 0.05) is 13.8 Å². The first-order chi connectivity index (χ1) is 11.0.